The van der Waals surface area contributed by atoms with E-state index in [0.29, 0.717) is 11.4 Å². The fourth-order valence-electron chi connectivity index (χ4n) is 2.39. The summed E-state index contributed by atoms with van der Waals surface area (Å²) in [7, 11) is 0. The van der Waals surface area contributed by atoms with Crippen LogP contribution in [0.4, 0.5) is 0 Å². The van der Waals surface area contributed by atoms with Gasteiger partial charge in [-0.3, -0.25) is 4.79 Å². The van der Waals surface area contributed by atoms with Gasteiger partial charge in [-0.25, -0.2) is 0 Å². The molecule has 1 N–H and O–H groups in total. The van der Waals surface area contributed by atoms with E-state index in [0.717, 1.165) is 23.1 Å². The summed E-state index contributed by atoms with van der Waals surface area (Å²) in [6, 6.07) is 11.8. The van der Waals surface area contributed by atoms with Gasteiger partial charge >= 0.3 is 0 Å². The van der Waals surface area contributed by atoms with E-state index in [1.165, 1.54) is 17.3 Å². The number of carbonyl (C=O) groups is 1. The number of nitrogens with one attached hydrogen (secondary N) is 1. The molecule has 0 amide bonds. The molecule has 2 aromatic heterocycles. The molecule has 23 heavy (non-hydrogen) atoms. The molecule has 6 heteroatoms. The molecule has 0 bridgehead atoms. The van der Waals surface area contributed by atoms with Gasteiger partial charge in [0.15, 0.2) is 16.8 Å². The van der Waals surface area contributed by atoms with Gasteiger partial charge in [0.1, 0.15) is 0 Å². The molecule has 0 radical (unpaired) electrons. The number of ketones is 1. The molecular weight excluding hydrogens is 308 g/mol. The Hall–Kier alpha value is -2.34. The second-order valence-corrected chi connectivity index (χ2v) is 6.16. The van der Waals surface area contributed by atoms with E-state index in [2.05, 4.69) is 41.2 Å². The summed E-state index contributed by atoms with van der Waals surface area (Å²) in [4.78, 5) is 15.0. The summed E-state index contributed by atoms with van der Waals surface area (Å²) in [6.45, 7) is 4.87. The quantitative estimate of drug-likeness (QED) is 0.555. The van der Waals surface area contributed by atoms with Crippen molar-refractivity contribution in [1.82, 2.24) is 19.7 Å². The molecule has 0 aliphatic carbocycles. The van der Waals surface area contributed by atoms with Crippen LogP contribution >= 0.6 is 11.8 Å². The minimum absolute atomic E-state index is 0.0581. The number of Topliss-reactive ketones (excluding diaryl/α,β-unsaturated/α-hetero) is 1. The Kier molecular flexibility index (Phi) is 4.62. The third-order valence-corrected chi connectivity index (χ3v) is 4.51. The number of aromatic nitrogens is 4. The van der Waals surface area contributed by atoms with Crippen LogP contribution in [0.1, 0.15) is 23.0 Å². The van der Waals surface area contributed by atoms with Crippen molar-refractivity contribution in [2.75, 3.05) is 5.75 Å². The standard InChI is InChI=1S/C17H18N4OS/c1-3-21-16(13-7-4-6-12(2)10-13)19-20-17(21)23-11-15(22)14-8-5-9-18-14/h4-10,18H,3,11H2,1-2H3. The van der Waals surface area contributed by atoms with Crippen molar-refractivity contribution in [2.24, 2.45) is 0 Å². The largest absolute Gasteiger partial charge is 0.359 e. The molecule has 0 unspecified atom stereocenters. The minimum atomic E-state index is 0.0581. The van der Waals surface area contributed by atoms with Crippen molar-refractivity contribution in [3.63, 3.8) is 0 Å². The number of thioether (sulfide) groups is 1. The zero-order valence-electron chi connectivity index (χ0n) is 13.1. The van der Waals surface area contributed by atoms with E-state index < -0.39 is 0 Å². The van der Waals surface area contributed by atoms with Crippen LogP contribution in [0.25, 0.3) is 11.4 Å². The molecule has 3 aromatic rings. The first kappa shape index (κ1) is 15.6. The molecule has 2 heterocycles. The van der Waals surface area contributed by atoms with Crippen LogP contribution in [-0.2, 0) is 6.54 Å². The third kappa shape index (κ3) is 3.37. The second kappa shape index (κ2) is 6.83. The average molecular weight is 326 g/mol. The first-order valence-electron chi connectivity index (χ1n) is 7.48. The van der Waals surface area contributed by atoms with Gasteiger partial charge in [0.2, 0.25) is 0 Å². The molecule has 0 spiro atoms. The Morgan fingerprint density at radius 3 is 2.83 bits per heavy atom. The highest BCUT2D eigenvalue weighted by atomic mass is 32.2. The van der Waals surface area contributed by atoms with E-state index >= 15 is 0 Å². The van der Waals surface area contributed by atoms with E-state index in [9.17, 15) is 4.79 Å². The second-order valence-electron chi connectivity index (χ2n) is 5.22. The van der Waals surface area contributed by atoms with Crippen LogP contribution in [0, 0.1) is 6.92 Å². The smallest absolute Gasteiger partial charge is 0.191 e. The van der Waals surface area contributed by atoms with Gasteiger partial charge in [0, 0.05) is 18.3 Å². The number of H-pyrrole nitrogens is 1. The molecule has 0 saturated carbocycles. The third-order valence-electron chi connectivity index (χ3n) is 3.54. The average Bonchev–Trinajstić information content (AvgIpc) is 3.21. The zero-order valence-corrected chi connectivity index (χ0v) is 13.9. The fraction of sp³-hybridized carbons (Fsp3) is 0.235. The number of aryl methyl sites for hydroxylation is 1. The van der Waals surface area contributed by atoms with Crippen molar-refractivity contribution in [3.05, 3.63) is 53.9 Å². The number of hydrogen-bond acceptors (Lipinski definition) is 4. The van der Waals surface area contributed by atoms with Crippen LogP contribution in [0.2, 0.25) is 0 Å². The maximum absolute atomic E-state index is 12.1. The minimum Gasteiger partial charge on any atom is -0.359 e. The highest BCUT2D eigenvalue weighted by Gasteiger charge is 2.15. The summed E-state index contributed by atoms with van der Waals surface area (Å²) < 4.78 is 2.04. The molecule has 118 valence electrons. The Morgan fingerprint density at radius 1 is 1.26 bits per heavy atom. The topological polar surface area (TPSA) is 63.6 Å². The number of carbonyl (C=O) groups excluding carboxylic acids is 1. The number of hydrogen-bond donors (Lipinski definition) is 1. The van der Waals surface area contributed by atoms with Gasteiger partial charge in [-0.15, -0.1) is 10.2 Å². The molecule has 0 saturated heterocycles. The van der Waals surface area contributed by atoms with Gasteiger partial charge in [-0.1, -0.05) is 35.5 Å². The fourth-order valence-corrected chi connectivity index (χ4v) is 3.28. The highest BCUT2D eigenvalue weighted by molar-refractivity contribution is 7.99. The predicted octanol–water partition coefficient (Wildman–Crippen LogP) is 3.58. The summed E-state index contributed by atoms with van der Waals surface area (Å²) in [5.41, 5.74) is 2.85. The zero-order chi connectivity index (χ0) is 16.2. The molecule has 1 aromatic carbocycles. The van der Waals surface area contributed by atoms with Crippen LogP contribution in [-0.4, -0.2) is 31.3 Å². The monoisotopic (exact) mass is 326 g/mol. The van der Waals surface area contributed by atoms with Gasteiger partial charge < -0.3 is 9.55 Å². The number of rotatable bonds is 6. The van der Waals surface area contributed by atoms with Crippen LogP contribution in [0.3, 0.4) is 0 Å². The lowest BCUT2D eigenvalue weighted by Crippen LogP contribution is -2.05. The van der Waals surface area contributed by atoms with Crippen molar-refractivity contribution >= 4 is 17.5 Å². The van der Waals surface area contributed by atoms with Gasteiger partial charge in [-0.2, -0.15) is 0 Å². The molecule has 0 aliphatic rings. The van der Waals surface area contributed by atoms with Crippen LogP contribution < -0.4 is 0 Å². The maximum atomic E-state index is 12.1. The van der Waals surface area contributed by atoms with Crippen molar-refractivity contribution in [2.45, 2.75) is 25.5 Å². The molecule has 0 aliphatic heterocycles. The molecule has 0 fully saturated rings. The van der Waals surface area contributed by atoms with Gasteiger partial charge in [-0.05, 0) is 32.0 Å². The summed E-state index contributed by atoms with van der Waals surface area (Å²) in [5, 5.41) is 9.34. The Labute approximate surface area is 139 Å². The first-order chi connectivity index (χ1) is 11.2. The van der Waals surface area contributed by atoms with Crippen molar-refractivity contribution in [1.29, 1.82) is 0 Å². The van der Waals surface area contributed by atoms with E-state index in [1.54, 1.807) is 12.3 Å². The van der Waals surface area contributed by atoms with Gasteiger partial charge in [0.05, 0.1) is 11.4 Å². The van der Waals surface area contributed by atoms with Crippen molar-refractivity contribution in [3.8, 4) is 11.4 Å². The van der Waals surface area contributed by atoms with E-state index in [-0.39, 0.29) is 5.78 Å². The van der Waals surface area contributed by atoms with Gasteiger partial charge in [0.25, 0.3) is 0 Å². The lowest BCUT2D eigenvalue weighted by atomic mass is 10.1. The summed E-state index contributed by atoms with van der Waals surface area (Å²) in [5.74, 6) is 1.24. The summed E-state index contributed by atoms with van der Waals surface area (Å²) >= 11 is 1.42. The predicted molar refractivity (Wildman–Crippen MR) is 91.7 cm³/mol. The Balaban J connectivity index is 1.80. The van der Waals surface area contributed by atoms with E-state index in [1.807, 2.05) is 22.8 Å². The lowest BCUT2D eigenvalue weighted by Gasteiger charge is -2.07. The molecule has 3 rings (SSSR count). The van der Waals surface area contributed by atoms with Crippen LogP contribution in [0.15, 0.2) is 47.8 Å². The summed E-state index contributed by atoms with van der Waals surface area (Å²) in [6.07, 6.45) is 1.75. The molecule has 0 atom stereocenters. The molecule has 5 nitrogen and oxygen atoms in total. The SMILES string of the molecule is CCn1c(SCC(=O)c2ccc[nH]2)nnc1-c1cccc(C)c1. The molecular formula is C17H18N4OS. The first-order valence-corrected chi connectivity index (χ1v) is 8.47. The Bertz CT molecular complexity index is 808. The maximum Gasteiger partial charge on any atom is 0.191 e. The highest BCUT2D eigenvalue weighted by Crippen LogP contribution is 2.25. The van der Waals surface area contributed by atoms with Crippen LogP contribution in [0.5, 0.6) is 0 Å². The van der Waals surface area contributed by atoms with E-state index in [4.69, 9.17) is 0 Å². The normalized spacial score (nSPS) is 10.9. The number of nitrogens with zero attached hydrogens (tertiary/aromatic N) is 3. The Morgan fingerprint density at radius 2 is 2.13 bits per heavy atom. The van der Waals surface area contributed by atoms with Crippen molar-refractivity contribution < 1.29 is 4.79 Å². The number of benzene rings is 1. The lowest BCUT2D eigenvalue weighted by molar-refractivity contribution is 0.101. The number of aromatic amines is 1.